The van der Waals surface area contributed by atoms with Crippen LogP contribution in [0, 0.1) is 0 Å². The van der Waals surface area contributed by atoms with Gasteiger partial charge in [0, 0.05) is 18.7 Å². The highest BCUT2D eigenvalue weighted by atomic mass is 127. The molecule has 0 spiro atoms. The van der Waals surface area contributed by atoms with Crippen LogP contribution in [0.4, 0.5) is 8.78 Å². The lowest BCUT2D eigenvalue weighted by atomic mass is 10.1. The lowest BCUT2D eigenvalue weighted by molar-refractivity contribution is -0.0504. The van der Waals surface area contributed by atoms with E-state index in [1.54, 1.807) is 49.6 Å². The van der Waals surface area contributed by atoms with Crippen molar-refractivity contribution >= 4 is 29.9 Å². The SMILES string of the molecule is CCNC(=NCc1ccccc1OC(F)F)NCC(O)c1ccc(OC)cc1.I. The molecule has 0 amide bonds. The van der Waals surface area contributed by atoms with E-state index in [1.807, 2.05) is 6.92 Å². The Morgan fingerprint density at radius 2 is 1.79 bits per heavy atom. The van der Waals surface area contributed by atoms with Crippen molar-refractivity contribution in [3.8, 4) is 11.5 Å². The average Bonchev–Trinajstić information content (AvgIpc) is 2.70. The molecule has 6 nitrogen and oxygen atoms in total. The van der Waals surface area contributed by atoms with Crippen molar-refractivity contribution in [2.24, 2.45) is 4.99 Å². The number of hydrogen-bond acceptors (Lipinski definition) is 4. The molecular formula is C20H26F2IN3O3. The van der Waals surface area contributed by atoms with Gasteiger partial charge in [0.1, 0.15) is 11.5 Å². The van der Waals surface area contributed by atoms with Crippen LogP contribution in [-0.4, -0.2) is 37.9 Å². The van der Waals surface area contributed by atoms with E-state index < -0.39 is 12.7 Å². The van der Waals surface area contributed by atoms with Crippen LogP contribution in [0.2, 0.25) is 0 Å². The monoisotopic (exact) mass is 521 g/mol. The number of alkyl halides is 2. The summed E-state index contributed by atoms with van der Waals surface area (Å²) < 4.78 is 34.7. The fourth-order valence-electron chi connectivity index (χ4n) is 2.49. The molecule has 2 aromatic rings. The molecule has 0 saturated heterocycles. The molecular weight excluding hydrogens is 495 g/mol. The zero-order chi connectivity index (χ0) is 20.4. The molecule has 0 bridgehead atoms. The molecule has 0 heterocycles. The van der Waals surface area contributed by atoms with Gasteiger partial charge in [0.05, 0.1) is 19.8 Å². The van der Waals surface area contributed by atoms with Gasteiger partial charge >= 0.3 is 6.61 Å². The molecule has 0 aromatic heterocycles. The minimum absolute atomic E-state index is 0. The average molecular weight is 521 g/mol. The highest BCUT2D eigenvalue weighted by Gasteiger charge is 2.11. The van der Waals surface area contributed by atoms with Gasteiger partial charge < -0.3 is 25.2 Å². The van der Waals surface area contributed by atoms with E-state index in [9.17, 15) is 13.9 Å². The summed E-state index contributed by atoms with van der Waals surface area (Å²) in [5, 5.41) is 16.4. The molecule has 0 aliphatic heterocycles. The molecule has 29 heavy (non-hydrogen) atoms. The maximum absolute atomic E-state index is 12.5. The number of aliphatic hydroxyl groups excluding tert-OH is 1. The molecule has 3 N–H and O–H groups in total. The molecule has 9 heteroatoms. The molecule has 0 fully saturated rings. The zero-order valence-electron chi connectivity index (χ0n) is 16.3. The van der Waals surface area contributed by atoms with Gasteiger partial charge in [0.2, 0.25) is 0 Å². The van der Waals surface area contributed by atoms with Gasteiger partial charge in [-0.25, -0.2) is 4.99 Å². The van der Waals surface area contributed by atoms with Gasteiger partial charge in [-0.3, -0.25) is 0 Å². The Balaban J connectivity index is 0.00000420. The second-order valence-corrected chi connectivity index (χ2v) is 5.85. The van der Waals surface area contributed by atoms with Crippen molar-refractivity contribution in [2.75, 3.05) is 20.2 Å². The molecule has 2 aromatic carbocycles. The predicted molar refractivity (Wildman–Crippen MR) is 119 cm³/mol. The summed E-state index contributed by atoms with van der Waals surface area (Å²) in [5.41, 5.74) is 1.27. The number of para-hydroxylation sites is 1. The Morgan fingerprint density at radius 1 is 1.10 bits per heavy atom. The number of nitrogens with one attached hydrogen (secondary N) is 2. The first kappa shape index (κ1) is 24.9. The van der Waals surface area contributed by atoms with Gasteiger partial charge in [-0.2, -0.15) is 8.78 Å². The van der Waals surface area contributed by atoms with E-state index in [2.05, 4.69) is 20.4 Å². The lowest BCUT2D eigenvalue weighted by Gasteiger charge is -2.16. The second-order valence-electron chi connectivity index (χ2n) is 5.85. The Morgan fingerprint density at radius 3 is 2.41 bits per heavy atom. The number of aliphatic hydroxyl groups is 1. The van der Waals surface area contributed by atoms with E-state index in [0.717, 1.165) is 5.56 Å². The van der Waals surface area contributed by atoms with Gasteiger partial charge in [-0.1, -0.05) is 30.3 Å². The Labute approximate surface area is 186 Å². The van der Waals surface area contributed by atoms with Gasteiger partial charge in [0.25, 0.3) is 0 Å². The van der Waals surface area contributed by atoms with Crippen molar-refractivity contribution in [1.82, 2.24) is 10.6 Å². The van der Waals surface area contributed by atoms with Crippen molar-refractivity contribution in [1.29, 1.82) is 0 Å². The summed E-state index contributed by atoms with van der Waals surface area (Å²) in [4.78, 5) is 4.38. The van der Waals surface area contributed by atoms with E-state index in [0.29, 0.717) is 23.8 Å². The fourth-order valence-corrected chi connectivity index (χ4v) is 2.49. The number of aliphatic imine (C=N–C) groups is 1. The summed E-state index contributed by atoms with van der Waals surface area (Å²) >= 11 is 0. The summed E-state index contributed by atoms with van der Waals surface area (Å²) in [5.74, 6) is 1.26. The highest BCUT2D eigenvalue weighted by molar-refractivity contribution is 14.0. The summed E-state index contributed by atoms with van der Waals surface area (Å²) in [7, 11) is 1.58. The van der Waals surface area contributed by atoms with Crippen LogP contribution in [-0.2, 0) is 6.54 Å². The quantitative estimate of drug-likeness (QED) is 0.267. The van der Waals surface area contributed by atoms with Crippen LogP contribution in [0.25, 0.3) is 0 Å². The number of guanidine groups is 1. The molecule has 1 atom stereocenters. The summed E-state index contributed by atoms with van der Waals surface area (Å²) in [6.07, 6.45) is -0.746. The molecule has 0 saturated carbocycles. The molecule has 1 unspecified atom stereocenters. The molecule has 160 valence electrons. The molecule has 0 aliphatic carbocycles. The van der Waals surface area contributed by atoms with Gasteiger partial charge in [-0.05, 0) is 30.7 Å². The third-order valence-electron chi connectivity index (χ3n) is 3.90. The normalized spacial score (nSPS) is 12.1. The van der Waals surface area contributed by atoms with E-state index in [-0.39, 0.29) is 42.8 Å². The first-order chi connectivity index (χ1) is 13.5. The predicted octanol–water partition coefficient (Wildman–Crippen LogP) is 3.70. The van der Waals surface area contributed by atoms with Crippen molar-refractivity contribution in [3.05, 3.63) is 59.7 Å². The number of benzene rings is 2. The summed E-state index contributed by atoms with van der Waals surface area (Å²) in [6, 6.07) is 13.6. The first-order valence-corrected chi connectivity index (χ1v) is 8.90. The molecule has 0 aliphatic rings. The number of ether oxygens (including phenoxy) is 2. The lowest BCUT2D eigenvalue weighted by Crippen LogP contribution is -2.39. The zero-order valence-corrected chi connectivity index (χ0v) is 18.6. The van der Waals surface area contributed by atoms with Crippen molar-refractivity contribution in [3.63, 3.8) is 0 Å². The minimum Gasteiger partial charge on any atom is -0.497 e. The molecule has 0 radical (unpaired) electrons. The second kappa shape index (κ2) is 13.2. The molecule has 2 rings (SSSR count). The van der Waals surface area contributed by atoms with Crippen LogP contribution in [0.1, 0.15) is 24.2 Å². The number of methoxy groups -OCH3 is 1. The Hall–Kier alpha value is -2.14. The number of nitrogens with zero attached hydrogens (tertiary/aromatic N) is 1. The first-order valence-electron chi connectivity index (χ1n) is 8.90. The maximum atomic E-state index is 12.5. The van der Waals surface area contributed by atoms with Crippen LogP contribution >= 0.6 is 24.0 Å². The number of halogens is 3. The third-order valence-corrected chi connectivity index (χ3v) is 3.90. The Bertz CT molecular complexity index is 761. The Kier molecular flexibility index (Phi) is 11.3. The van der Waals surface area contributed by atoms with Gasteiger partial charge in [0.15, 0.2) is 5.96 Å². The van der Waals surface area contributed by atoms with Crippen molar-refractivity contribution < 1.29 is 23.4 Å². The highest BCUT2D eigenvalue weighted by Crippen LogP contribution is 2.21. The fraction of sp³-hybridized carbons (Fsp3) is 0.350. The smallest absolute Gasteiger partial charge is 0.387 e. The van der Waals surface area contributed by atoms with E-state index >= 15 is 0 Å². The van der Waals surface area contributed by atoms with Crippen LogP contribution < -0.4 is 20.1 Å². The van der Waals surface area contributed by atoms with E-state index in [1.165, 1.54) is 6.07 Å². The maximum Gasteiger partial charge on any atom is 0.387 e. The van der Waals surface area contributed by atoms with E-state index in [4.69, 9.17) is 4.74 Å². The number of hydrogen-bond donors (Lipinski definition) is 3. The third kappa shape index (κ3) is 8.40. The largest absolute Gasteiger partial charge is 0.497 e. The van der Waals surface area contributed by atoms with Crippen molar-refractivity contribution in [2.45, 2.75) is 26.2 Å². The standard InChI is InChI=1S/C20H25F2N3O3.HI/c1-3-23-20(24-12-15-6-4-5-7-18(15)28-19(21)22)25-13-17(26)14-8-10-16(27-2)11-9-14;/h4-11,17,19,26H,3,12-13H2,1-2H3,(H2,23,24,25);1H. The van der Waals surface area contributed by atoms with Gasteiger partial charge in [-0.15, -0.1) is 24.0 Å². The van der Waals surface area contributed by atoms with Crippen LogP contribution in [0.3, 0.4) is 0 Å². The summed E-state index contributed by atoms with van der Waals surface area (Å²) in [6.45, 7) is 0.00515. The van der Waals surface area contributed by atoms with Crippen LogP contribution in [0.5, 0.6) is 11.5 Å². The minimum atomic E-state index is -2.89. The number of rotatable bonds is 9. The van der Waals surface area contributed by atoms with Crippen LogP contribution in [0.15, 0.2) is 53.5 Å². The topological polar surface area (TPSA) is 75.1 Å².